The molecule has 0 unspecified atom stereocenters. The minimum atomic E-state index is -0.650. The molecule has 0 bridgehead atoms. The number of morpholine rings is 1. The van der Waals surface area contributed by atoms with Crippen LogP contribution in [0.1, 0.15) is 53.0 Å². The number of fused-ring (bicyclic) bond motifs is 1. The number of nitrogens with one attached hydrogen (secondary N) is 2. The third kappa shape index (κ3) is 7.59. The Hall–Kier alpha value is -4.84. The molecule has 4 heterocycles. The third-order valence-electron chi connectivity index (χ3n) is 9.45. The first kappa shape index (κ1) is 32.7. The zero-order valence-electron chi connectivity index (χ0n) is 27.6. The number of phenols is 1. The van der Waals surface area contributed by atoms with Crippen LogP contribution < -0.4 is 15.4 Å². The first-order valence-electron chi connectivity index (χ1n) is 16.9. The highest BCUT2D eigenvalue weighted by atomic mass is 19.1. The van der Waals surface area contributed by atoms with Crippen LogP contribution in [0.2, 0.25) is 0 Å². The number of hydrogen-bond acceptors (Lipinski definition) is 8. The van der Waals surface area contributed by atoms with Gasteiger partial charge in [0, 0.05) is 55.7 Å². The highest BCUT2D eigenvalue weighted by molar-refractivity contribution is 5.96. The number of aromatic hydroxyl groups is 1. The van der Waals surface area contributed by atoms with Crippen molar-refractivity contribution in [2.75, 3.05) is 26.3 Å². The van der Waals surface area contributed by atoms with Gasteiger partial charge in [-0.3, -0.25) is 9.69 Å². The van der Waals surface area contributed by atoms with Gasteiger partial charge in [-0.25, -0.2) is 14.4 Å². The van der Waals surface area contributed by atoms with E-state index in [4.69, 9.17) is 14.5 Å². The Balaban J connectivity index is 1.05. The van der Waals surface area contributed by atoms with Crippen molar-refractivity contribution in [3.8, 4) is 28.5 Å². The highest BCUT2D eigenvalue weighted by Gasteiger charge is 2.27. The SMILES string of the molecule is Cc1cccc2nc(CNC3CCC(NC(=O)c4cc(F)cnc4Oc4c(O)ccc(-c5ccccc5)c4CN4CCOCC4)CC3)cn12. The molecule has 2 aliphatic rings. The van der Waals surface area contributed by atoms with Crippen molar-refractivity contribution in [3.05, 3.63) is 107 Å². The van der Waals surface area contributed by atoms with Crippen LogP contribution in [-0.4, -0.2) is 68.7 Å². The van der Waals surface area contributed by atoms with Gasteiger partial charge in [0.1, 0.15) is 17.0 Å². The second-order valence-electron chi connectivity index (χ2n) is 12.8. The molecule has 1 aliphatic carbocycles. The first-order chi connectivity index (χ1) is 23.9. The van der Waals surface area contributed by atoms with Gasteiger partial charge in [-0.1, -0.05) is 42.5 Å². The van der Waals surface area contributed by atoms with Crippen LogP contribution in [0.15, 0.2) is 79.1 Å². The maximum absolute atomic E-state index is 14.6. The Kier molecular flexibility index (Phi) is 9.83. The van der Waals surface area contributed by atoms with Crippen LogP contribution in [0.3, 0.4) is 0 Å². The van der Waals surface area contributed by atoms with E-state index in [1.165, 1.54) is 0 Å². The van der Waals surface area contributed by atoms with Crippen molar-refractivity contribution < 1.29 is 23.8 Å². The predicted octanol–water partition coefficient (Wildman–Crippen LogP) is 6.00. The summed E-state index contributed by atoms with van der Waals surface area (Å²) in [6.07, 6.45) is 6.40. The lowest BCUT2D eigenvalue weighted by Crippen LogP contribution is -2.42. The summed E-state index contributed by atoms with van der Waals surface area (Å²) in [6, 6.07) is 20.7. The number of hydrogen-bond donors (Lipinski definition) is 3. The number of aryl methyl sites for hydroxylation is 1. The molecule has 49 heavy (non-hydrogen) atoms. The molecule has 0 radical (unpaired) electrons. The first-order valence-corrected chi connectivity index (χ1v) is 16.9. The normalized spacial score (nSPS) is 18.4. The number of pyridine rings is 2. The molecule has 1 aliphatic heterocycles. The molecule has 254 valence electrons. The second-order valence-corrected chi connectivity index (χ2v) is 12.8. The molecule has 5 aromatic rings. The van der Waals surface area contributed by atoms with Crippen molar-refractivity contribution in [2.45, 2.75) is 57.8 Å². The van der Waals surface area contributed by atoms with Crippen LogP contribution in [0.5, 0.6) is 17.4 Å². The topological polar surface area (TPSA) is 113 Å². The molecule has 3 aromatic heterocycles. The number of phenolic OH excluding ortho intramolecular Hbond substituents is 1. The van der Waals surface area contributed by atoms with Crippen molar-refractivity contribution in [1.29, 1.82) is 0 Å². The van der Waals surface area contributed by atoms with Crippen LogP contribution in [0, 0.1) is 12.7 Å². The number of halogens is 1. The van der Waals surface area contributed by atoms with Crippen LogP contribution in [0.4, 0.5) is 4.39 Å². The number of imidazole rings is 1. The zero-order chi connectivity index (χ0) is 33.7. The number of benzene rings is 2. The Morgan fingerprint density at radius 3 is 2.57 bits per heavy atom. The Morgan fingerprint density at radius 2 is 1.80 bits per heavy atom. The summed E-state index contributed by atoms with van der Waals surface area (Å²) >= 11 is 0. The number of carbonyl (C=O) groups excluding carboxylic acids is 1. The number of amides is 1. The van der Waals surface area contributed by atoms with Gasteiger partial charge in [0.05, 0.1) is 25.1 Å². The standard InChI is InChI=1S/C38H41FN6O4/c1-25-6-5-9-35-42-30(23-45(25)35)22-40-28-10-12-29(13-11-28)43-37(47)32-20-27(39)21-41-38(32)49-36-33(24-44-16-18-48-19-17-44)31(14-15-34(36)46)26-7-3-2-4-8-26/h2-9,14-15,20-21,23,28-29,40,46H,10-13,16-19,22,24H2,1H3,(H,43,47). The highest BCUT2D eigenvalue weighted by Crippen LogP contribution is 2.41. The average Bonchev–Trinajstić information content (AvgIpc) is 3.55. The fourth-order valence-corrected chi connectivity index (χ4v) is 6.76. The summed E-state index contributed by atoms with van der Waals surface area (Å²) in [5.41, 5.74) is 5.63. The van der Waals surface area contributed by atoms with E-state index in [2.05, 4.69) is 44.1 Å². The van der Waals surface area contributed by atoms with Gasteiger partial charge in [-0.2, -0.15) is 0 Å². The molecule has 2 aromatic carbocycles. The summed E-state index contributed by atoms with van der Waals surface area (Å²) in [5.74, 6) is -1.09. The number of ether oxygens (including phenoxy) is 2. The summed E-state index contributed by atoms with van der Waals surface area (Å²) in [7, 11) is 0. The fourth-order valence-electron chi connectivity index (χ4n) is 6.76. The van der Waals surface area contributed by atoms with Crippen molar-refractivity contribution in [2.24, 2.45) is 0 Å². The second kappa shape index (κ2) is 14.7. The minimum Gasteiger partial charge on any atom is -0.504 e. The van der Waals surface area contributed by atoms with E-state index in [9.17, 15) is 14.3 Å². The summed E-state index contributed by atoms with van der Waals surface area (Å²) in [5, 5.41) is 17.8. The molecule has 0 spiro atoms. The summed E-state index contributed by atoms with van der Waals surface area (Å²) < 4.78 is 28.5. The van der Waals surface area contributed by atoms with E-state index in [1.54, 1.807) is 6.07 Å². The van der Waals surface area contributed by atoms with Gasteiger partial charge in [-0.05, 0) is 68.0 Å². The van der Waals surface area contributed by atoms with Gasteiger partial charge in [-0.15, -0.1) is 0 Å². The molecule has 1 amide bonds. The molecule has 11 heteroatoms. The molecule has 1 saturated heterocycles. The Bertz CT molecular complexity index is 1920. The van der Waals surface area contributed by atoms with E-state index < -0.39 is 11.7 Å². The molecular formula is C38H41FN6O4. The van der Waals surface area contributed by atoms with Crippen molar-refractivity contribution in [1.82, 2.24) is 29.9 Å². The number of rotatable bonds is 10. The average molecular weight is 665 g/mol. The van der Waals surface area contributed by atoms with Crippen molar-refractivity contribution in [3.63, 3.8) is 0 Å². The smallest absolute Gasteiger partial charge is 0.257 e. The quantitative estimate of drug-likeness (QED) is 0.167. The molecule has 2 fully saturated rings. The fraction of sp³-hybridized carbons (Fsp3) is 0.342. The third-order valence-corrected chi connectivity index (χ3v) is 9.45. The Morgan fingerprint density at radius 1 is 1.02 bits per heavy atom. The van der Waals surface area contributed by atoms with Gasteiger partial charge < -0.3 is 29.6 Å². The van der Waals surface area contributed by atoms with Gasteiger partial charge >= 0.3 is 0 Å². The summed E-state index contributed by atoms with van der Waals surface area (Å²) in [6.45, 7) is 5.89. The van der Waals surface area contributed by atoms with E-state index in [0.717, 1.165) is 84.8 Å². The zero-order valence-corrected chi connectivity index (χ0v) is 27.6. The number of carbonyl (C=O) groups is 1. The van der Waals surface area contributed by atoms with Crippen LogP contribution in [-0.2, 0) is 17.8 Å². The van der Waals surface area contributed by atoms with E-state index in [-0.39, 0.29) is 29.0 Å². The molecule has 1 saturated carbocycles. The predicted molar refractivity (Wildman–Crippen MR) is 184 cm³/mol. The van der Waals surface area contributed by atoms with E-state index in [1.807, 2.05) is 48.5 Å². The maximum Gasteiger partial charge on any atom is 0.257 e. The number of nitrogens with zero attached hydrogens (tertiary/aromatic N) is 4. The van der Waals surface area contributed by atoms with Gasteiger partial charge in [0.2, 0.25) is 5.88 Å². The monoisotopic (exact) mass is 664 g/mol. The maximum atomic E-state index is 14.6. The van der Waals surface area contributed by atoms with Crippen LogP contribution in [0.25, 0.3) is 16.8 Å². The van der Waals surface area contributed by atoms with Crippen molar-refractivity contribution >= 4 is 11.6 Å². The lowest BCUT2D eigenvalue weighted by atomic mass is 9.91. The largest absolute Gasteiger partial charge is 0.504 e. The lowest BCUT2D eigenvalue weighted by Gasteiger charge is -2.30. The molecule has 7 rings (SSSR count). The van der Waals surface area contributed by atoms with Crippen LogP contribution >= 0.6 is 0 Å². The summed E-state index contributed by atoms with van der Waals surface area (Å²) in [4.78, 5) is 24.8. The molecular weight excluding hydrogens is 623 g/mol. The molecule has 0 atom stereocenters. The molecule has 10 nitrogen and oxygen atoms in total. The molecule has 3 N–H and O–H groups in total. The lowest BCUT2D eigenvalue weighted by molar-refractivity contribution is 0.0339. The van der Waals surface area contributed by atoms with Gasteiger partial charge in [0.25, 0.3) is 5.91 Å². The Labute approximate surface area is 284 Å². The van der Waals surface area contributed by atoms with Gasteiger partial charge in [0.15, 0.2) is 11.5 Å². The van der Waals surface area contributed by atoms with E-state index in [0.29, 0.717) is 32.3 Å². The minimum absolute atomic E-state index is 0.0239. The number of aromatic nitrogens is 3. The van der Waals surface area contributed by atoms with E-state index >= 15 is 0 Å².